The minimum atomic E-state index is 0.0534. The van der Waals surface area contributed by atoms with Crippen LogP contribution in [0.4, 0.5) is 0 Å². The van der Waals surface area contributed by atoms with Gasteiger partial charge in [-0.2, -0.15) is 0 Å². The first-order valence-electron chi connectivity index (χ1n) is 6.98. The van der Waals surface area contributed by atoms with E-state index in [1.54, 1.807) is 0 Å². The van der Waals surface area contributed by atoms with Crippen LogP contribution in [-0.4, -0.2) is 49.6 Å². The quantitative estimate of drug-likeness (QED) is 0.763. The normalized spacial score (nSPS) is 31.1. The smallest absolute Gasteiger partial charge is 0.237 e. The summed E-state index contributed by atoms with van der Waals surface area (Å²) in [7, 11) is 2.16. The summed E-state index contributed by atoms with van der Waals surface area (Å²) in [6, 6.07) is 0.592. The van der Waals surface area contributed by atoms with E-state index in [-0.39, 0.29) is 11.9 Å². The summed E-state index contributed by atoms with van der Waals surface area (Å²) < 4.78 is 0. The van der Waals surface area contributed by atoms with E-state index in [4.69, 9.17) is 0 Å². The van der Waals surface area contributed by atoms with Gasteiger partial charge in [0.15, 0.2) is 0 Å². The van der Waals surface area contributed by atoms with Crippen LogP contribution in [0.1, 0.15) is 38.5 Å². The van der Waals surface area contributed by atoms with E-state index < -0.39 is 0 Å². The first-order valence-corrected chi connectivity index (χ1v) is 6.98. The van der Waals surface area contributed by atoms with Crippen LogP contribution in [0.15, 0.2) is 0 Å². The summed E-state index contributed by atoms with van der Waals surface area (Å²) in [5.41, 5.74) is 0. The SMILES string of the molecule is CN1CCCCC1CNC(=O)[C@H]1CCCCN1. The van der Waals surface area contributed by atoms with Crippen LogP contribution >= 0.6 is 0 Å². The Kier molecular flexibility index (Phi) is 4.80. The highest BCUT2D eigenvalue weighted by Crippen LogP contribution is 2.14. The van der Waals surface area contributed by atoms with Crippen LogP contribution in [0.5, 0.6) is 0 Å². The Bertz CT molecular complexity index is 251. The van der Waals surface area contributed by atoms with E-state index in [1.807, 2.05) is 0 Å². The Balaban J connectivity index is 1.71. The largest absolute Gasteiger partial charge is 0.353 e. The van der Waals surface area contributed by atoms with Crippen LogP contribution in [-0.2, 0) is 4.79 Å². The molecule has 1 amide bonds. The molecule has 0 aromatic carbocycles. The van der Waals surface area contributed by atoms with Gasteiger partial charge in [0.2, 0.25) is 5.91 Å². The van der Waals surface area contributed by atoms with Gasteiger partial charge in [0, 0.05) is 12.6 Å². The highest BCUT2D eigenvalue weighted by Gasteiger charge is 2.23. The van der Waals surface area contributed by atoms with Crippen molar-refractivity contribution in [3.63, 3.8) is 0 Å². The van der Waals surface area contributed by atoms with Crippen molar-refractivity contribution >= 4 is 5.91 Å². The number of hydrogen-bond donors (Lipinski definition) is 2. The van der Waals surface area contributed by atoms with Gasteiger partial charge in [-0.1, -0.05) is 12.8 Å². The molecule has 0 aromatic heterocycles. The first-order chi connectivity index (χ1) is 8.27. The lowest BCUT2D eigenvalue weighted by molar-refractivity contribution is -0.123. The third-order valence-electron chi connectivity index (χ3n) is 4.06. The lowest BCUT2D eigenvalue weighted by Gasteiger charge is -2.33. The zero-order chi connectivity index (χ0) is 12.1. The minimum absolute atomic E-state index is 0.0534. The van der Waals surface area contributed by atoms with Gasteiger partial charge in [0.05, 0.1) is 6.04 Å². The van der Waals surface area contributed by atoms with Crippen molar-refractivity contribution in [1.29, 1.82) is 0 Å². The fourth-order valence-electron chi connectivity index (χ4n) is 2.82. The van der Waals surface area contributed by atoms with Gasteiger partial charge < -0.3 is 15.5 Å². The second-order valence-electron chi connectivity index (χ2n) is 5.38. The first kappa shape index (κ1) is 12.8. The molecule has 2 rings (SSSR count). The molecule has 2 aliphatic rings. The Labute approximate surface area is 104 Å². The van der Waals surface area contributed by atoms with Gasteiger partial charge in [0.25, 0.3) is 0 Å². The number of likely N-dealkylation sites (N-methyl/N-ethyl adjacent to an activating group) is 1. The number of nitrogens with one attached hydrogen (secondary N) is 2. The average Bonchev–Trinajstić information content (AvgIpc) is 2.38. The van der Waals surface area contributed by atoms with Gasteiger partial charge >= 0.3 is 0 Å². The summed E-state index contributed by atoms with van der Waals surface area (Å²) in [4.78, 5) is 14.3. The Morgan fingerprint density at radius 3 is 2.82 bits per heavy atom. The number of piperidine rings is 2. The van der Waals surface area contributed by atoms with Crippen molar-refractivity contribution in [2.24, 2.45) is 0 Å². The molecule has 17 heavy (non-hydrogen) atoms. The second kappa shape index (κ2) is 6.36. The predicted octanol–water partition coefficient (Wildman–Crippen LogP) is 0.729. The molecular formula is C13H25N3O. The molecular weight excluding hydrogens is 214 g/mol. The molecule has 4 nitrogen and oxygen atoms in total. The van der Waals surface area contributed by atoms with Crippen molar-refractivity contribution in [3.8, 4) is 0 Å². The van der Waals surface area contributed by atoms with E-state index in [2.05, 4.69) is 22.6 Å². The molecule has 0 radical (unpaired) electrons. The zero-order valence-electron chi connectivity index (χ0n) is 10.9. The average molecular weight is 239 g/mol. The lowest BCUT2D eigenvalue weighted by atomic mass is 10.0. The third-order valence-corrected chi connectivity index (χ3v) is 4.06. The molecule has 2 aliphatic heterocycles. The summed E-state index contributed by atoms with van der Waals surface area (Å²) in [6.45, 7) is 2.97. The number of rotatable bonds is 3. The number of hydrogen-bond acceptors (Lipinski definition) is 3. The third kappa shape index (κ3) is 3.68. The monoisotopic (exact) mass is 239 g/mol. The number of likely N-dealkylation sites (tertiary alicyclic amines) is 1. The summed E-state index contributed by atoms with van der Waals surface area (Å²) in [5, 5.41) is 6.40. The van der Waals surface area contributed by atoms with Crippen molar-refractivity contribution in [2.45, 2.75) is 50.6 Å². The molecule has 2 N–H and O–H groups in total. The van der Waals surface area contributed by atoms with Gasteiger partial charge in [0.1, 0.15) is 0 Å². The maximum Gasteiger partial charge on any atom is 0.237 e. The molecule has 1 unspecified atom stereocenters. The lowest BCUT2D eigenvalue weighted by Crippen LogP contribution is -2.51. The highest BCUT2D eigenvalue weighted by molar-refractivity contribution is 5.81. The maximum absolute atomic E-state index is 12.0. The van der Waals surface area contributed by atoms with E-state index >= 15 is 0 Å². The molecule has 2 saturated heterocycles. The van der Waals surface area contributed by atoms with Crippen molar-refractivity contribution in [3.05, 3.63) is 0 Å². The molecule has 0 saturated carbocycles. The van der Waals surface area contributed by atoms with Gasteiger partial charge in [-0.05, 0) is 45.8 Å². The summed E-state index contributed by atoms with van der Waals surface area (Å²) in [5.74, 6) is 0.198. The minimum Gasteiger partial charge on any atom is -0.353 e. The maximum atomic E-state index is 12.0. The molecule has 2 heterocycles. The Hall–Kier alpha value is -0.610. The van der Waals surface area contributed by atoms with Crippen LogP contribution in [0.3, 0.4) is 0 Å². The van der Waals surface area contributed by atoms with Crippen molar-refractivity contribution in [2.75, 3.05) is 26.7 Å². The van der Waals surface area contributed by atoms with E-state index in [0.29, 0.717) is 6.04 Å². The molecule has 0 aromatic rings. The topological polar surface area (TPSA) is 44.4 Å². The van der Waals surface area contributed by atoms with E-state index in [9.17, 15) is 4.79 Å². The van der Waals surface area contributed by atoms with E-state index in [1.165, 1.54) is 38.6 Å². The van der Waals surface area contributed by atoms with Crippen LogP contribution in [0.2, 0.25) is 0 Å². The second-order valence-corrected chi connectivity index (χ2v) is 5.38. The molecule has 98 valence electrons. The number of carbonyl (C=O) groups is 1. The summed E-state index contributed by atoms with van der Waals surface area (Å²) >= 11 is 0. The molecule has 4 heteroatoms. The number of amides is 1. The van der Waals surface area contributed by atoms with Crippen LogP contribution < -0.4 is 10.6 Å². The van der Waals surface area contributed by atoms with E-state index in [0.717, 1.165) is 19.5 Å². The van der Waals surface area contributed by atoms with Crippen LogP contribution in [0, 0.1) is 0 Å². The molecule has 0 spiro atoms. The van der Waals surface area contributed by atoms with Crippen LogP contribution in [0.25, 0.3) is 0 Å². The number of carbonyl (C=O) groups excluding carboxylic acids is 1. The van der Waals surface area contributed by atoms with Gasteiger partial charge in [-0.3, -0.25) is 4.79 Å². The fourth-order valence-corrected chi connectivity index (χ4v) is 2.82. The summed E-state index contributed by atoms with van der Waals surface area (Å²) in [6.07, 6.45) is 7.18. The van der Waals surface area contributed by atoms with Gasteiger partial charge in [-0.15, -0.1) is 0 Å². The zero-order valence-corrected chi connectivity index (χ0v) is 10.9. The predicted molar refractivity (Wildman–Crippen MR) is 68.9 cm³/mol. The number of nitrogens with zero attached hydrogens (tertiary/aromatic N) is 1. The highest BCUT2D eigenvalue weighted by atomic mass is 16.2. The standard InChI is InChI=1S/C13H25N3O/c1-16-9-5-3-6-11(16)10-15-13(17)12-7-2-4-8-14-12/h11-12,14H,2-10H2,1H3,(H,15,17)/t11?,12-/m1/s1. The van der Waals surface area contributed by atoms with Crippen molar-refractivity contribution in [1.82, 2.24) is 15.5 Å². The van der Waals surface area contributed by atoms with Gasteiger partial charge in [-0.25, -0.2) is 0 Å². The fraction of sp³-hybridized carbons (Fsp3) is 0.923. The molecule has 2 fully saturated rings. The molecule has 0 bridgehead atoms. The molecule has 2 atom stereocenters. The Morgan fingerprint density at radius 2 is 2.12 bits per heavy atom. The van der Waals surface area contributed by atoms with Crippen molar-refractivity contribution < 1.29 is 4.79 Å². The Morgan fingerprint density at radius 1 is 1.29 bits per heavy atom. The molecule has 0 aliphatic carbocycles.